The number of rotatable bonds is 3. The van der Waals surface area contributed by atoms with E-state index in [1.807, 2.05) is 20.8 Å². The lowest BCUT2D eigenvalue weighted by atomic mass is 10.1. The van der Waals surface area contributed by atoms with Gasteiger partial charge in [0.1, 0.15) is 5.38 Å². The van der Waals surface area contributed by atoms with E-state index in [1.165, 1.54) is 6.92 Å². The van der Waals surface area contributed by atoms with E-state index in [0.717, 1.165) is 0 Å². The first-order chi connectivity index (χ1) is 6.34. The van der Waals surface area contributed by atoms with Gasteiger partial charge in [-0.1, -0.05) is 13.8 Å². The Kier molecular flexibility index (Phi) is 5.53. The summed E-state index contributed by atoms with van der Waals surface area (Å²) in [6.45, 7) is 7.35. The van der Waals surface area contributed by atoms with Crippen LogP contribution in [0.4, 0.5) is 4.79 Å². The Morgan fingerprint density at radius 1 is 1.14 bits per heavy atom. The second-order valence-corrected chi connectivity index (χ2v) is 4.27. The predicted octanol–water partition coefficient (Wildman–Crippen LogP) is 1.48. The highest BCUT2D eigenvalue weighted by Crippen LogP contribution is 1.99. The zero-order valence-electron chi connectivity index (χ0n) is 8.93. The molecule has 0 aliphatic rings. The van der Waals surface area contributed by atoms with Crippen LogP contribution in [-0.2, 0) is 4.79 Å². The fourth-order valence-corrected chi connectivity index (χ4v) is 0.675. The molecule has 0 aromatic carbocycles. The quantitative estimate of drug-likeness (QED) is 0.708. The van der Waals surface area contributed by atoms with Crippen molar-refractivity contribution in [2.45, 2.75) is 39.1 Å². The molecule has 0 saturated carbocycles. The zero-order valence-corrected chi connectivity index (χ0v) is 9.68. The molecular weight excluding hydrogens is 204 g/mol. The second kappa shape index (κ2) is 5.86. The van der Waals surface area contributed by atoms with Crippen molar-refractivity contribution in [1.29, 1.82) is 0 Å². The minimum Gasteiger partial charge on any atom is -0.335 e. The largest absolute Gasteiger partial charge is 0.335 e. The average molecular weight is 221 g/mol. The third-order valence-electron chi connectivity index (χ3n) is 1.96. The summed E-state index contributed by atoms with van der Waals surface area (Å²) in [6, 6.07) is -0.475. The van der Waals surface area contributed by atoms with Crippen LogP contribution in [-0.4, -0.2) is 23.4 Å². The Balaban J connectivity index is 3.93. The maximum atomic E-state index is 11.2. The SMILES string of the molecule is CC(Cl)C(=O)NC(=O)NC(C)C(C)C. The predicted molar refractivity (Wildman–Crippen MR) is 56.3 cm³/mol. The van der Waals surface area contributed by atoms with E-state index >= 15 is 0 Å². The molecule has 2 unspecified atom stereocenters. The van der Waals surface area contributed by atoms with Crippen LogP contribution >= 0.6 is 11.6 Å². The van der Waals surface area contributed by atoms with Crippen LogP contribution in [0.15, 0.2) is 0 Å². The van der Waals surface area contributed by atoms with Gasteiger partial charge in [-0.2, -0.15) is 0 Å². The smallest absolute Gasteiger partial charge is 0.321 e. The van der Waals surface area contributed by atoms with E-state index < -0.39 is 17.3 Å². The molecule has 0 fully saturated rings. The Bertz CT molecular complexity index is 217. The molecule has 0 aliphatic heterocycles. The summed E-state index contributed by atoms with van der Waals surface area (Å²) < 4.78 is 0. The van der Waals surface area contributed by atoms with Crippen molar-refractivity contribution in [1.82, 2.24) is 10.6 Å². The van der Waals surface area contributed by atoms with Gasteiger partial charge in [-0.15, -0.1) is 11.6 Å². The van der Waals surface area contributed by atoms with E-state index in [4.69, 9.17) is 11.6 Å². The van der Waals surface area contributed by atoms with E-state index in [-0.39, 0.29) is 6.04 Å². The Labute approximate surface area is 89.4 Å². The van der Waals surface area contributed by atoms with Gasteiger partial charge in [0.15, 0.2) is 0 Å². The zero-order chi connectivity index (χ0) is 11.3. The molecule has 0 heterocycles. The topological polar surface area (TPSA) is 58.2 Å². The van der Waals surface area contributed by atoms with Gasteiger partial charge < -0.3 is 5.32 Å². The van der Waals surface area contributed by atoms with Gasteiger partial charge in [0.25, 0.3) is 0 Å². The minimum absolute atomic E-state index is 0.0217. The molecule has 0 radical (unpaired) electrons. The van der Waals surface area contributed by atoms with Gasteiger partial charge in [-0.05, 0) is 19.8 Å². The van der Waals surface area contributed by atoms with Crippen LogP contribution in [0.2, 0.25) is 0 Å². The molecule has 4 nitrogen and oxygen atoms in total. The van der Waals surface area contributed by atoms with E-state index in [0.29, 0.717) is 5.92 Å². The number of alkyl halides is 1. The molecule has 2 atom stereocenters. The number of imide groups is 1. The molecule has 3 amide bonds. The number of urea groups is 1. The molecule has 14 heavy (non-hydrogen) atoms. The summed E-state index contributed by atoms with van der Waals surface area (Å²) in [5.74, 6) is -0.163. The lowest BCUT2D eigenvalue weighted by Crippen LogP contribution is -2.46. The van der Waals surface area contributed by atoms with Gasteiger partial charge in [-0.3, -0.25) is 10.1 Å². The van der Waals surface area contributed by atoms with Crippen molar-refractivity contribution in [2.24, 2.45) is 5.92 Å². The summed E-state index contributed by atoms with van der Waals surface area (Å²) in [7, 11) is 0. The highest BCUT2D eigenvalue weighted by atomic mass is 35.5. The Morgan fingerprint density at radius 3 is 2.00 bits per heavy atom. The van der Waals surface area contributed by atoms with Crippen LogP contribution in [0, 0.1) is 5.92 Å². The van der Waals surface area contributed by atoms with Crippen molar-refractivity contribution < 1.29 is 9.59 Å². The molecule has 0 spiro atoms. The molecule has 0 saturated heterocycles. The second-order valence-electron chi connectivity index (χ2n) is 3.61. The first-order valence-electron chi connectivity index (χ1n) is 4.60. The molecule has 82 valence electrons. The van der Waals surface area contributed by atoms with E-state index in [1.54, 1.807) is 0 Å². The number of hydrogen-bond acceptors (Lipinski definition) is 2. The first kappa shape index (κ1) is 13.2. The maximum absolute atomic E-state index is 11.2. The van der Waals surface area contributed by atoms with Crippen molar-refractivity contribution in [3.63, 3.8) is 0 Å². The molecule has 0 aromatic heterocycles. The number of carbonyl (C=O) groups is 2. The van der Waals surface area contributed by atoms with Gasteiger partial charge in [0, 0.05) is 6.04 Å². The van der Waals surface area contributed by atoms with Gasteiger partial charge >= 0.3 is 6.03 Å². The maximum Gasteiger partial charge on any atom is 0.321 e. The summed E-state index contributed by atoms with van der Waals surface area (Å²) in [6.07, 6.45) is 0. The third kappa shape index (κ3) is 5.07. The van der Waals surface area contributed by atoms with Crippen LogP contribution in [0.1, 0.15) is 27.7 Å². The van der Waals surface area contributed by atoms with E-state index in [2.05, 4.69) is 10.6 Å². The summed E-state index contributed by atoms with van der Waals surface area (Å²) in [4.78, 5) is 22.2. The lowest BCUT2D eigenvalue weighted by Gasteiger charge is -2.17. The van der Waals surface area contributed by atoms with Crippen molar-refractivity contribution in [2.75, 3.05) is 0 Å². The van der Waals surface area contributed by atoms with Gasteiger partial charge in [-0.25, -0.2) is 4.79 Å². The van der Waals surface area contributed by atoms with Crippen LogP contribution in [0.3, 0.4) is 0 Å². The third-order valence-corrected chi connectivity index (χ3v) is 2.15. The minimum atomic E-state index is -0.699. The first-order valence-corrected chi connectivity index (χ1v) is 5.03. The standard InChI is InChI=1S/C9H17ClN2O2/c1-5(2)7(4)11-9(14)12-8(13)6(3)10/h5-7H,1-4H3,(H2,11,12,13,14). The van der Waals surface area contributed by atoms with Crippen molar-refractivity contribution in [3.05, 3.63) is 0 Å². The highest BCUT2D eigenvalue weighted by Gasteiger charge is 2.15. The van der Waals surface area contributed by atoms with Crippen molar-refractivity contribution in [3.8, 4) is 0 Å². The molecule has 0 rings (SSSR count). The molecule has 0 aromatic rings. The number of hydrogen-bond donors (Lipinski definition) is 2. The average Bonchev–Trinajstić information content (AvgIpc) is 2.03. The number of nitrogens with one attached hydrogen (secondary N) is 2. The normalized spacial score (nSPS) is 14.7. The molecular formula is C9H17ClN2O2. The Hall–Kier alpha value is -0.770. The van der Waals surface area contributed by atoms with Crippen LogP contribution in [0.25, 0.3) is 0 Å². The summed E-state index contributed by atoms with van der Waals surface area (Å²) in [5.41, 5.74) is 0. The highest BCUT2D eigenvalue weighted by molar-refractivity contribution is 6.31. The summed E-state index contributed by atoms with van der Waals surface area (Å²) in [5, 5.41) is 4.08. The summed E-state index contributed by atoms with van der Waals surface area (Å²) >= 11 is 5.48. The number of carbonyl (C=O) groups excluding carboxylic acids is 2. The van der Waals surface area contributed by atoms with E-state index in [9.17, 15) is 9.59 Å². The Morgan fingerprint density at radius 2 is 1.64 bits per heavy atom. The number of amides is 3. The molecule has 0 bridgehead atoms. The fourth-order valence-electron chi connectivity index (χ4n) is 0.621. The van der Waals surface area contributed by atoms with Gasteiger partial charge in [0.2, 0.25) is 5.91 Å². The lowest BCUT2D eigenvalue weighted by molar-refractivity contribution is -0.119. The van der Waals surface area contributed by atoms with Gasteiger partial charge in [0.05, 0.1) is 0 Å². The monoisotopic (exact) mass is 220 g/mol. The number of halogens is 1. The molecule has 5 heteroatoms. The van der Waals surface area contributed by atoms with Crippen LogP contribution < -0.4 is 10.6 Å². The molecule has 0 aliphatic carbocycles. The van der Waals surface area contributed by atoms with Crippen LogP contribution in [0.5, 0.6) is 0 Å². The fraction of sp³-hybridized carbons (Fsp3) is 0.778. The van der Waals surface area contributed by atoms with Crippen molar-refractivity contribution >= 4 is 23.5 Å². The molecule has 2 N–H and O–H groups in total.